The first-order chi connectivity index (χ1) is 11.1. The standard InChI is InChI=1S/C20H22N2O/c1-13-10-16(6-9-19(13)21)20(23)22(17-7-8-17)18-11-14-4-2-3-5-15(14)12-18/h2-6,9-10,17-18H,7-8,11-12,21H2,1H3. The van der Waals surface area contributed by atoms with Gasteiger partial charge in [-0.1, -0.05) is 24.3 Å². The minimum absolute atomic E-state index is 0.161. The van der Waals surface area contributed by atoms with E-state index >= 15 is 0 Å². The van der Waals surface area contributed by atoms with Gasteiger partial charge in [0, 0.05) is 23.3 Å². The number of amides is 1. The number of fused-ring (bicyclic) bond motifs is 1. The van der Waals surface area contributed by atoms with Gasteiger partial charge in [0.15, 0.2) is 0 Å². The minimum atomic E-state index is 0.161. The molecule has 0 bridgehead atoms. The molecule has 118 valence electrons. The number of carbonyl (C=O) groups excluding carboxylic acids is 1. The Morgan fingerprint density at radius 2 is 1.70 bits per heavy atom. The minimum Gasteiger partial charge on any atom is -0.399 e. The fourth-order valence-corrected chi connectivity index (χ4v) is 3.67. The summed E-state index contributed by atoms with van der Waals surface area (Å²) in [5.74, 6) is 0.161. The van der Waals surface area contributed by atoms with Crippen molar-refractivity contribution in [2.45, 2.75) is 44.7 Å². The van der Waals surface area contributed by atoms with E-state index in [2.05, 4.69) is 29.2 Å². The largest absolute Gasteiger partial charge is 0.399 e. The molecular formula is C20H22N2O. The van der Waals surface area contributed by atoms with E-state index in [4.69, 9.17) is 5.73 Å². The summed E-state index contributed by atoms with van der Waals surface area (Å²) in [6.07, 6.45) is 4.22. The van der Waals surface area contributed by atoms with Gasteiger partial charge in [-0.3, -0.25) is 4.79 Å². The van der Waals surface area contributed by atoms with Crippen LogP contribution in [0.3, 0.4) is 0 Å². The average Bonchev–Trinajstić information content (AvgIpc) is 3.28. The number of hydrogen-bond acceptors (Lipinski definition) is 2. The van der Waals surface area contributed by atoms with Crippen molar-refractivity contribution in [1.82, 2.24) is 4.90 Å². The highest BCUT2D eigenvalue weighted by atomic mass is 16.2. The SMILES string of the molecule is Cc1cc(C(=O)N(C2CC2)C2Cc3ccccc3C2)ccc1N. The second-order valence-corrected chi connectivity index (χ2v) is 6.85. The van der Waals surface area contributed by atoms with Crippen molar-refractivity contribution in [3.63, 3.8) is 0 Å². The predicted molar refractivity (Wildman–Crippen MR) is 92.4 cm³/mol. The van der Waals surface area contributed by atoms with Crippen molar-refractivity contribution < 1.29 is 4.79 Å². The van der Waals surface area contributed by atoms with Crippen LogP contribution in [0.2, 0.25) is 0 Å². The highest BCUT2D eigenvalue weighted by Crippen LogP contribution is 2.35. The third-order valence-electron chi connectivity index (χ3n) is 5.11. The van der Waals surface area contributed by atoms with Gasteiger partial charge < -0.3 is 10.6 Å². The molecule has 0 radical (unpaired) electrons. The van der Waals surface area contributed by atoms with Crippen LogP contribution < -0.4 is 5.73 Å². The van der Waals surface area contributed by atoms with E-state index in [1.807, 2.05) is 25.1 Å². The van der Waals surface area contributed by atoms with Crippen LogP contribution in [0.5, 0.6) is 0 Å². The quantitative estimate of drug-likeness (QED) is 0.884. The smallest absolute Gasteiger partial charge is 0.254 e. The topological polar surface area (TPSA) is 46.3 Å². The molecule has 0 saturated heterocycles. The molecule has 2 N–H and O–H groups in total. The number of carbonyl (C=O) groups is 1. The van der Waals surface area contributed by atoms with E-state index in [9.17, 15) is 4.79 Å². The zero-order valence-electron chi connectivity index (χ0n) is 13.5. The van der Waals surface area contributed by atoms with Gasteiger partial charge in [-0.25, -0.2) is 0 Å². The lowest BCUT2D eigenvalue weighted by Gasteiger charge is -2.29. The molecule has 4 rings (SSSR count). The van der Waals surface area contributed by atoms with Gasteiger partial charge in [0.05, 0.1) is 0 Å². The molecule has 3 heteroatoms. The monoisotopic (exact) mass is 306 g/mol. The Kier molecular flexibility index (Phi) is 3.37. The molecule has 0 unspecified atom stereocenters. The molecular weight excluding hydrogens is 284 g/mol. The van der Waals surface area contributed by atoms with Crippen LogP contribution in [0.4, 0.5) is 5.69 Å². The molecule has 3 nitrogen and oxygen atoms in total. The number of rotatable bonds is 3. The first-order valence-corrected chi connectivity index (χ1v) is 8.39. The Morgan fingerprint density at radius 1 is 1.04 bits per heavy atom. The molecule has 2 aliphatic rings. The lowest BCUT2D eigenvalue weighted by molar-refractivity contribution is 0.0667. The molecule has 1 amide bonds. The molecule has 2 aliphatic carbocycles. The summed E-state index contributed by atoms with van der Waals surface area (Å²) in [6, 6.07) is 14.9. The van der Waals surface area contributed by atoms with Crippen LogP contribution >= 0.6 is 0 Å². The molecule has 0 aliphatic heterocycles. The second-order valence-electron chi connectivity index (χ2n) is 6.85. The van der Waals surface area contributed by atoms with Crippen LogP contribution in [0, 0.1) is 6.92 Å². The third-order valence-corrected chi connectivity index (χ3v) is 5.11. The normalized spacial score (nSPS) is 17.1. The maximum atomic E-state index is 13.1. The molecule has 1 fully saturated rings. The molecule has 0 aromatic heterocycles. The number of aryl methyl sites for hydroxylation is 1. The number of nitrogens with zero attached hydrogens (tertiary/aromatic N) is 1. The van der Waals surface area contributed by atoms with Crippen LogP contribution in [-0.2, 0) is 12.8 Å². The Morgan fingerprint density at radius 3 is 2.26 bits per heavy atom. The molecule has 0 atom stereocenters. The van der Waals surface area contributed by atoms with E-state index in [0.29, 0.717) is 12.1 Å². The van der Waals surface area contributed by atoms with E-state index in [0.717, 1.165) is 42.5 Å². The van der Waals surface area contributed by atoms with E-state index in [1.165, 1.54) is 11.1 Å². The number of benzene rings is 2. The summed E-state index contributed by atoms with van der Waals surface area (Å²) in [5.41, 5.74) is 11.2. The highest BCUT2D eigenvalue weighted by Gasteiger charge is 2.39. The van der Waals surface area contributed by atoms with Crippen molar-refractivity contribution >= 4 is 11.6 Å². The van der Waals surface area contributed by atoms with Gasteiger partial charge in [0.2, 0.25) is 0 Å². The maximum Gasteiger partial charge on any atom is 0.254 e. The summed E-state index contributed by atoms with van der Waals surface area (Å²) in [4.78, 5) is 15.3. The molecule has 0 heterocycles. The first-order valence-electron chi connectivity index (χ1n) is 8.39. The number of nitrogen functional groups attached to an aromatic ring is 1. The number of nitrogens with two attached hydrogens (primary N) is 1. The van der Waals surface area contributed by atoms with Gasteiger partial charge in [-0.15, -0.1) is 0 Å². The molecule has 2 aromatic carbocycles. The summed E-state index contributed by atoms with van der Waals surface area (Å²) < 4.78 is 0. The lowest BCUT2D eigenvalue weighted by Crippen LogP contribution is -2.42. The van der Waals surface area contributed by atoms with Crippen molar-refractivity contribution in [2.24, 2.45) is 0 Å². The molecule has 0 spiro atoms. The Labute approximate surface area is 137 Å². The van der Waals surface area contributed by atoms with E-state index in [-0.39, 0.29) is 5.91 Å². The zero-order chi connectivity index (χ0) is 16.0. The number of anilines is 1. The summed E-state index contributed by atoms with van der Waals surface area (Å²) >= 11 is 0. The van der Waals surface area contributed by atoms with E-state index in [1.54, 1.807) is 0 Å². The van der Waals surface area contributed by atoms with Crippen molar-refractivity contribution in [1.29, 1.82) is 0 Å². The van der Waals surface area contributed by atoms with Gasteiger partial charge in [0.25, 0.3) is 5.91 Å². The lowest BCUT2D eigenvalue weighted by atomic mass is 10.1. The Bertz CT molecular complexity index is 739. The van der Waals surface area contributed by atoms with Crippen molar-refractivity contribution in [3.8, 4) is 0 Å². The Balaban J connectivity index is 1.62. The van der Waals surface area contributed by atoms with Gasteiger partial charge in [-0.05, 0) is 67.5 Å². The van der Waals surface area contributed by atoms with Gasteiger partial charge in [-0.2, -0.15) is 0 Å². The summed E-state index contributed by atoms with van der Waals surface area (Å²) in [7, 11) is 0. The molecule has 2 aromatic rings. The third kappa shape index (κ3) is 2.61. The maximum absolute atomic E-state index is 13.1. The van der Waals surface area contributed by atoms with Crippen LogP contribution in [-0.4, -0.2) is 22.9 Å². The average molecular weight is 306 g/mol. The van der Waals surface area contributed by atoms with Crippen LogP contribution in [0.15, 0.2) is 42.5 Å². The van der Waals surface area contributed by atoms with Crippen molar-refractivity contribution in [2.75, 3.05) is 5.73 Å². The fraction of sp³-hybridized carbons (Fsp3) is 0.350. The van der Waals surface area contributed by atoms with Gasteiger partial charge >= 0.3 is 0 Å². The van der Waals surface area contributed by atoms with Crippen LogP contribution in [0.1, 0.15) is 39.9 Å². The Hall–Kier alpha value is -2.29. The van der Waals surface area contributed by atoms with Crippen LogP contribution in [0.25, 0.3) is 0 Å². The number of hydrogen-bond donors (Lipinski definition) is 1. The van der Waals surface area contributed by atoms with E-state index < -0.39 is 0 Å². The van der Waals surface area contributed by atoms with Gasteiger partial charge in [0.1, 0.15) is 0 Å². The molecule has 1 saturated carbocycles. The first kappa shape index (κ1) is 14.3. The highest BCUT2D eigenvalue weighted by molar-refractivity contribution is 5.95. The predicted octanol–water partition coefficient (Wildman–Crippen LogP) is 3.35. The molecule has 23 heavy (non-hydrogen) atoms. The fourth-order valence-electron chi connectivity index (χ4n) is 3.67. The van der Waals surface area contributed by atoms with Crippen molar-refractivity contribution in [3.05, 3.63) is 64.7 Å². The second kappa shape index (κ2) is 5.41. The summed E-state index contributed by atoms with van der Waals surface area (Å²) in [6.45, 7) is 1.96. The summed E-state index contributed by atoms with van der Waals surface area (Å²) in [5, 5.41) is 0. The zero-order valence-corrected chi connectivity index (χ0v) is 13.5.